The maximum atomic E-state index is 11.8. The fraction of sp³-hybridized carbons (Fsp3) is 0. The highest BCUT2D eigenvalue weighted by molar-refractivity contribution is 6.31. The predicted octanol–water partition coefficient (Wildman–Crippen LogP) is 1.86. The van der Waals surface area contributed by atoms with Crippen LogP contribution in [0.1, 0.15) is 10.4 Å². The van der Waals surface area contributed by atoms with Gasteiger partial charge in [-0.05, 0) is 24.3 Å². The quantitative estimate of drug-likeness (QED) is 0.723. The summed E-state index contributed by atoms with van der Waals surface area (Å²) in [6.45, 7) is 0. The van der Waals surface area contributed by atoms with Crippen LogP contribution in [0.5, 0.6) is 0 Å². The molecule has 2 rings (SSSR count). The number of amides is 1. The van der Waals surface area contributed by atoms with Crippen LogP contribution in [0, 0.1) is 0 Å². The van der Waals surface area contributed by atoms with Gasteiger partial charge < -0.3 is 16.0 Å². The standard InChI is InChI=1S/C12H10ClN3O2/c13-8-2-3-10(9(14)5-8)16-12(18)7-1-4-11(17)15-6-7/h1-6H,14H2,(H,15,17)(H,16,18). The molecule has 0 aliphatic rings. The molecule has 4 N–H and O–H groups in total. The number of halogens is 1. The van der Waals surface area contributed by atoms with Gasteiger partial charge in [-0.25, -0.2) is 0 Å². The molecule has 18 heavy (non-hydrogen) atoms. The van der Waals surface area contributed by atoms with Crippen LogP contribution in [0.25, 0.3) is 0 Å². The van der Waals surface area contributed by atoms with Gasteiger partial charge in [0.2, 0.25) is 5.56 Å². The third-order valence-corrected chi connectivity index (χ3v) is 2.54. The Morgan fingerprint density at radius 3 is 2.67 bits per heavy atom. The van der Waals surface area contributed by atoms with Gasteiger partial charge in [0.1, 0.15) is 0 Å². The van der Waals surface area contributed by atoms with Gasteiger partial charge in [-0.1, -0.05) is 11.6 Å². The van der Waals surface area contributed by atoms with Gasteiger partial charge in [-0.15, -0.1) is 0 Å². The molecule has 1 aromatic heterocycles. The molecule has 0 radical (unpaired) electrons. The van der Waals surface area contributed by atoms with Gasteiger partial charge in [0.25, 0.3) is 5.91 Å². The van der Waals surface area contributed by atoms with E-state index in [2.05, 4.69) is 10.3 Å². The third kappa shape index (κ3) is 2.70. The van der Waals surface area contributed by atoms with Crippen LogP contribution in [-0.2, 0) is 0 Å². The summed E-state index contributed by atoms with van der Waals surface area (Å²) >= 11 is 5.76. The van der Waals surface area contributed by atoms with Crippen molar-refractivity contribution in [1.82, 2.24) is 4.98 Å². The zero-order valence-corrected chi connectivity index (χ0v) is 9.99. The lowest BCUT2D eigenvalue weighted by Gasteiger charge is -2.08. The van der Waals surface area contributed by atoms with Crippen LogP contribution in [0.2, 0.25) is 5.02 Å². The molecular weight excluding hydrogens is 254 g/mol. The average Bonchev–Trinajstić information content (AvgIpc) is 2.33. The number of aromatic nitrogens is 1. The molecular formula is C12H10ClN3O2. The maximum absolute atomic E-state index is 11.8. The summed E-state index contributed by atoms with van der Waals surface area (Å²) in [5, 5.41) is 3.12. The molecule has 0 aliphatic carbocycles. The van der Waals surface area contributed by atoms with E-state index in [4.69, 9.17) is 17.3 Å². The minimum absolute atomic E-state index is 0.266. The second-order valence-electron chi connectivity index (χ2n) is 3.63. The monoisotopic (exact) mass is 263 g/mol. The van der Waals surface area contributed by atoms with Gasteiger partial charge in [0, 0.05) is 17.3 Å². The summed E-state index contributed by atoms with van der Waals surface area (Å²) in [5.74, 6) is -0.361. The van der Waals surface area contributed by atoms with E-state index < -0.39 is 0 Å². The maximum Gasteiger partial charge on any atom is 0.257 e. The van der Waals surface area contributed by atoms with Crippen LogP contribution in [0.4, 0.5) is 11.4 Å². The van der Waals surface area contributed by atoms with Crippen molar-refractivity contribution in [2.75, 3.05) is 11.1 Å². The lowest BCUT2D eigenvalue weighted by atomic mass is 10.2. The number of pyridine rings is 1. The lowest BCUT2D eigenvalue weighted by molar-refractivity contribution is 0.102. The Bertz CT molecular complexity index is 632. The van der Waals surface area contributed by atoms with E-state index in [0.29, 0.717) is 22.0 Å². The number of rotatable bonds is 2. The Balaban J connectivity index is 2.21. The van der Waals surface area contributed by atoms with Gasteiger partial charge in [0.15, 0.2) is 0 Å². The number of hydrogen-bond donors (Lipinski definition) is 3. The molecule has 92 valence electrons. The van der Waals surface area contributed by atoms with Crippen molar-refractivity contribution in [2.24, 2.45) is 0 Å². The van der Waals surface area contributed by atoms with Gasteiger partial charge in [0.05, 0.1) is 16.9 Å². The number of aromatic amines is 1. The fourth-order valence-electron chi connectivity index (χ4n) is 1.39. The summed E-state index contributed by atoms with van der Waals surface area (Å²) in [7, 11) is 0. The highest BCUT2D eigenvalue weighted by atomic mass is 35.5. The Morgan fingerprint density at radius 2 is 2.06 bits per heavy atom. The number of carbonyl (C=O) groups is 1. The molecule has 1 amide bonds. The molecule has 5 nitrogen and oxygen atoms in total. The van der Waals surface area contributed by atoms with Crippen LogP contribution in [0.3, 0.4) is 0 Å². The molecule has 6 heteroatoms. The molecule has 0 fully saturated rings. The first-order chi connectivity index (χ1) is 8.56. The molecule has 0 saturated heterocycles. The normalized spacial score (nSPS) is 10.1. The van der Waals surface area contributed by atoms with E-state index in [1.165, 1.54) is 18.3 Å². The van der Waals surface area contributed by atoms with Crippen molar-refractivity contribution in [3.05, 3.63) is 57.5 Å². The number of hydrogen-bond acceptors (Lipinski definition) is 3. The van der Waals surface area contributed by atoms with Crippen LogP contribution < -0.4 is 16.6 Å². The van der Waals surface area contributed by atoms with Crippen molar-refractivity contribution in [3.63, 3.8) is 0 Å². The summed E-state index contributed by atoms with van der Waals surface area (Å²) in [6.07, 6.45) is 1.34. The van der Waals surface area contributed by atoms with E-state index in [-0.39, 0.29) is 11.5 Å². The minimum Gasteiger partial charge on any atom is -0.397 e. The zero-order valence-electron chi connectivity index (χ0n) is 9.24. The van der Waals surface area contributed by atoms with Crippen molar-refractivity contribution < 1.29 is 4.79 Å². The highest BCUT2D eigenvalue weighted by Crippen LogP contribution is 2.22. The molecule has 1 aromatic carbocycles. The Kier molecular flexibility index (Phi) is 3.34. The topological polar surface area (TPSA) is 88.0 Å². The van der Waals surface area contributed by atoms with E-state index in [1.807, 2.05) is 0 Å². The number of benzene rings is 1. The third-order valence-electron chi connectivity index (χ3n) is 2.31. The summed E-state index contributed by atoms with van der Waals surface area (Å²) in [6, 6.07) is 7.49. The number of nitrogen functional groups attached to an aromatic ring is 1. The Labute approximate surface area is 108 Å². The van der Waals surface area contributed by atoms with Crippen molar-refractivity contribution in [1.29, 1.82) is 0 Å². The SMILES string of the molecule is Nc1cc(Cl)ccc1NC(=O)c1ccc(=O)[nH]c1. The Morgan fingerprint density at radius 1 is 1.28 bits per heavy atom. The lowest BCUT2D eigenvalue weighted by Crippen LogP contribution is -2.15. The van der Waals surface area contributed by atoms with E-state index in [0.717, 1.165) is 0 Å². The van der Waals surface area contributed by atoms with E-state index in [1.54, 1.807) is 18.2 Å². The molecule has 0 unspecified atom stereocenters. The Hall–Kier alpha value is -2.27. The van der Waals surface area contributed by atoms with Gasteiger partial charge >= 0.3 is 0 Å². The smallest absolute Gasteiger partial charge is 0.257 e. The summed E-state index contributed by atoms with van der Waals surface area (Å²) in [4.78, 5) is 25.1. The number of nitrogens with two attached hydrogens (primary N) is 1. The molecule has 0 bridgehead atoms. The second-order valence-corrected chi connectivity index (χ2v) is 4.06. The van der Waals surface area contributed by atoms with Crippen molar-refractivity contribution >= 4 is 28.9 Å². The number of carbonyl (C=O) groups excluding carboxylic acids is 1. The molecule has 0 atom stereocenters. The fourth-order valence-corrected chi connectivity index (χ4v) is 1.57. The first-order valence-electron chi connectivity index (χ1n) is 5.11. The van der Waals surface area contributed by atoms with Crippen molar-refractivity contribution in [2.45, 2.75) is 0 Å². The zero-order chi connectivity index (χ0) is 13.1. The van der Waals surface area contributed by atoms with E-state index in [9.17, 15) is 9.59 Å². The van der Waals surface area contributed by atoms with E-state index >= 15 is 0 Å². The molecule has 2 aromatic rings. The second kappa shape index (κ2) is 4.93. The molecule has 0 spiro atoms. The molecule has 0 saturated carbocycles. The van der Waals surface area contributed by atoms with Crippen molar-refractivity contribution in [3.8, 4) is 0 Å². The summed E-state index contributed by atoms with van der Waals surface area (Å²) < 4.78 is 0. The predicted molar refractivity (Wildman–Crippen MR) is 70.9 cm³/mol. The molecule has 0 aliphatic heterocycles. The first-order valence-corrected chi connectivity index (χ1v) is 5.49. The van der Waals surface area contributed by atoms with Gasteiger partial charge in [-0.2, -0.15) is 0 Å². The first kappa shape index (κ1) is 12.2. The van der Waals surface area contributed by atoms with Gasteiger partial charge in [-0.3, -0.25) is 9.59 Å². The highest BCUT2D eigenvalue weighted by Gasteiger charge is 2.08. The largest absolute Gasteiger partial charge is 0.397 e. The van der Waals surface area contributed by atoms with Crippen LogP contribution in [-0.4, -0.2) is 10.9 Å². The number of anilines is 2. The summed E-state index contributed by atoms with van der Waals surface area (Å²) in [5.41, 5.74) is 6.63. The molecule has 1 heterocycles. The average molecular weight is 264 g/mol. The minimum atomic E-state index is -0.361. The number of H-pyrrole nitrogens is 1. The van der Waals surface area contributed by atoms with Crippen LogP contribution in [0.15, 0.2) is 41.3 Å². The number of nitrogens with one attached hydrogen (secondary N) is 2. The van der Waals surface area contributed by atoms with Crippen LogP contribution >= 0.6 is 11.6 Å².